The topological polar surface area (TPSA) is 29.9 Å². The third-order valence-electron chi connectivity index (χ3n) is 2.78. The van der Waals surface area contributed by atoms with Crippen LogP contribution in [-0.4, -0.2) is 16.3 Å². The molecule has 0 aliphatic carbocycles. The smallest absolute Gasteiger partial charge is 0.128 e. The molecule has 90 valence electrons. The highest BCUT2D eigenvalue weighted by Gasteiger charge is 2.18. The SMILES string of the molecule is CCNC(c1ccccc1F)c1ccnn1C. The maximum Gasteiger partial charge on any atom is 0.128 e. The average molecular weight is 233 g/mol. The van der Waals surface area contributed by atoms with E-state index in [1.807, 2.05) is 26.1 Å². The van der Waals surface area contributed by atoms with Crippen LogP contribution in [-0.2, 0) is 7.05 Å². The van der Waals surface area contributed by atoms with Gasteiger partial charge in [-0.05, 0) is 18.7 Å². The molecule has 1 heterocycles. The normalized spacial score (nSPS) is 12.6. The lowest BCUT2D eigenvalue weighted by atomic mass is 10.0. The lowest BCUT2D eigenvalue weighted by Crippen LogP contribution is -2.25. The molecule has 0 amide bonds. The van der Waals surface area contributed by atoms with Crippen molar-refractivity contribution in [1.29, 1.82) is 0 Å². The molecule has 17 heavy (non-hydrogen) atoms. The van der Waals surface area contributed by atoms with Crippen LogP contribution in [0.25, 0.3) is 0 Å². The average Bonchev–Trinajstić information content (AvgIpc) is 2.74. The quantitative estimate of drug-likeness (QED) is 0.877. The molecule has 0 fully saturated rings. The maximum absolute atomic E-state index is 13.8. The number of rotatable bonds is 4. The lowest BCUT2D eigenvalue weighted by Gasteiger charge is -2.19. The van der Waals surface area contributed by atoms with Gasteiger partial charge in [0.15, 0.2) is 0 Å². The van der Waals surface area contributed by atoms with Gasteiger partial charge in [0.05, 0.1) is 11.7 Å². The van der Waals surface area contributed by atoms with E-state index in [1.165, 1.54) is 6.07 Å². The van der Waals surface area contributed by atoms with Gasteiger partial charge in [0.25, 0.3) is 0 Å². The molecule has 0 radical (unpaired) electrons. The zero-order valence-corrected chi connectivity index (χ0v) is 10.0. The van der Waals surface area contributed by atoms with Crippen LogP contribution >= 0.6 is 0 Å². The van der Waals surface area contributed by atoms with Gasteiger partial charge in [0.2, 0.25) is 0 Å². The van der Waals surface area contributed by atoms with Gasteiger partial charge in [-0.25, -0.2) is 4.39 Å². The second-order valence-corrected chi connectivity index (χ2v) is 3.89. The highest BCUT2D eigenvalue weighted by atomic mass is 19.1. The highest BCUT2D eigenvalue weighted by molar-refractivity contribution is 5.28. The van der Waals surface area contributed by atoms with Crippen molar-refractivity contribution in [2.45, 2.75) is 13.0 Å². The van der Waals surface area contributed by atoms with E-state index < -0.39 is 0 Å². The third-order valence-corrected chi connectivity index (χ3v) is 2.78. The van der Waals surface area contributed by atoms with E-state index in [1.54, 1.807) is 23.0 Å². The fourth-order valence-corrected chi connectivity index (χ4v) is 1.95. The molecule has 1 atom stereocenters. The van der Waals surface area contributed by atoms with Crippen molar-refractivity contribution in [3.63, 3.8) is 0 Å². The van der Waals surface area contributed by atoms with E-state index in [-0.39, 0.29) is 11.9 Å². The minimum Gasteiger partial charge on any atom is -0.305 e. The minimum atomic E-state index is -0.195. The van der Waals surface area contributed by atoms with Gasteiger partial charge in [-0.15, -0.1) is 0 Å². The Bertz CT molecular complexity index is 493. The van der Waals surface area contributed by atoms with Gasteiger partial charge in [-0.2, -0.15) is 5.10 Å². The summed E-state index contributed by atoms with van der Waals surface area (Å²) in [6.07, 6.45) is 1.72. The molecule has 2 aromatic rings. The molecule has 0 saturated heterocycles. The van der Waals surface area contributed by atoms with E-state index in [4.69, 9.17) is 0 Å². The van der Waals surface area contributed by atoms with Gasteiger partial charge in [-0.3, -0.25) is 4.68 Å². The van der Waals surface area contributed by atoms with Gasteiger partial charge in [0, 0.05) is 18.8 Å². The fraction of sp³-hybridized carbons (Fsp3) is 0.308. The van der Waals surface area contributed by atoms with Crippen molar-refractivity contribution in [2.75, 3.05) is 6.54 Å². The molecule has 1 N–H and O–H groups in total. The Morgan fingerprint density at radius 1 is 1.35 bits per heavy atom. The summed E-state index contributed by atoms with van der Waals surface area (Å²) in [5.41, 5.74) is 1.61. The van der Waals surface area contributed by atoms with E-state index in [2.05, 4.69) is 10.4 Å². The molecular formula is C13H16FN3. The number of benzene rings is 1. The first-order valence-corrected chi connectivity index (χ1v) is 5.69. The molecule has 0 aliphatic heterocycles. The van der Waals surface area contributed by atoms with Gasteiger partial charge in [0.1, 0.15) is 5.82 Å². The summed E-state index contributed by atoms with van der Waals surface area (Å²) >= 11 is 0. The Labute approximate surface area is 100 Å². The molecule has 0 bridgehead atoms. The molecule has 1 aromatic carbocycles. The number of nitrogens with zero attached hydrogens (tertiary/aromatic N) is 2. The summed E-state index contributed by atoms with van der Waals surface area (Å²) in [5, 5.41) is 7.41. The largest absolute Gasteiger partial charge is 0.305 e. The van der Waals surface area contributed by atoms with E-state index in [0.29, 0.717) is 5.56 Å². The molecular weight excluding hydrogens is 217 g/mol. The van der Waals surface area contributed by atoms with E-state index in [0.717, 1.165) is 12.2 Å². The number of hydrogen-bond donors (Lipinski definition) is 1. The molecule has 3 nitrogen and oxygen atoms in total. The van der Waals surface area contributed by atoms with Crippen LogP contribution in [0.15, 0.2) is 36.5 Å². The monoisotopic (exact) mass is 233 g/mol. The summed E-state index contributed by atoms with van der Waals surface area (Å²) < 4.78 is 15.6. The summed E-state index contributed by atoms with van der Waals surface area (Å²) in [6.45, 7) is 2.77. The van der Waals surface area contributed by atoms with Crippen LogP contribution in [0.1, 0.15) is 24.2 Å². The van der Waals surface area contributed by atoms with Crippen LogP contribution in [0, 0.1) is 5.82 Å². The summed E-state index contributed by atoms with van der Waals surface area (Å²) in [4.78, 5) is 0. The first-order valence-electron chi connectivity index (χ1n) is 5.69. The molecule has 1 aromatic heterocycles. The number of hydrogen-bond acceptors (Lipinski definition) is 2. The Morgan fingerprint density at radius 2 is 2.12 bits per heavy atom. The Balaban J connectivity index is 2.43. The fourth-order valence-electron chi connectivity index (χ4n) is 1.95. The van der Waals surface area contributed by atoms with Crippen molar-refractivity contribution < 1.29 is 4.39 Å². The summed E-state index contributed by atoms with van der Waals surface area (Å²) in [7, 11) is 1.86. The maximum atomic E-state index is 13.8. The van der Waals surface area contributed by atoms with E-state index >= 15 is 0 Å². The summed E-state index contributed by atoms with van der Waals surface area (Å²) in [5.74, 6) is -0.195. The third kappa shape index (κ3) is 2.36. The number of halogens is 1. The van der Waals surface area contributed by atoms with Crippen molar-refractivity contribution in [3.05, 3.63) is 53.6 Å². The zero-order chi connectivity index (χ0) is 12.3. The molecule has 0 saturated carbocycles. The first kappa shape index (κ1) is 11.8. The van der Waals surface area contributed by atoms with Crippen LogP contribution in [0.4, 0.5) is 4.39 Å². The number of aromatic nitrogens is 2. The Kier molecular flexibility index (Phi) is 3.54. The predicted molar refractivity (Wildman–Crippen MR) is 65.1 cm³/mol. The lowest BCUT2D eigenvalue weighted by molar-refractivity contribution is 0.532. The Morgan fingerprint density at radius 3 is 2.71 bits per heavy atom. The van der Waals surface area contributed by atoms with Crippen LogP contribution < -0.4 is 5.32 Å². The highest BCUT2D eigenvalue weighted by Crippen LogP contribution is 2.23. The van der Waals surface area contributed by atoms with Gasteiger partial charge >= 0.3 is 0 Å². The predicted octanol–water partition coefficient (Wildman–Crippen LogP) is 2.26. The molecule has 4 heteroatoms. The van der Waals surface area contributed by atoms with Gasteiger partial charge < -0.3 is 5.32 Å². The Hall–Kier alpha value is -1.68. The number of aryl methyl sites for hydroxylation is 1. The molecule has 0 spiro atoms. The number of nitrogens with one attached hydrogen (secondary N) is 1. The summed E-state index contributed by atoms with van der Waals surface area (Å²) in [6, 6.07) is 8.57. The van der Waals surface area contributed by atoms with Crippen LogP contribution in [0.5, 0.6) is 0 Å². The second kappa shape index (κ2) is 5.10. The minimum absolute atomic E-state index is 0.159. The van der Waals surface area contributed by atoms with E-state index in [9.17, 15) is 4.39 Å². The molecule has 1 unspecified atom stereocenters. The van der Waals surface area contributed by atoms with Crippen LogP contribution in [0.3, 0.4) is 0 Å². The second-order valence-electron chi connectivity index (χ2n) is 3.89. The first-order chi connectivity index (χ1) is 8.24. The van der Waals surface area contributed by atoms with Crippen molar-refractivity contribution >= 4 is 0 Å². The van der Waals surface area contributed by atoms with Crippen molar-refractivity contribution in [1.82, 2.24) is 15.1 Å². The van der Waals surface area contributed by atoms with Crippen molar-refractivity contribution in [2.24, 2.45) is 7.05 Å². The van der Waals surface area contributed by atoms with Crippen molar-refractivity contribution in [3.8, 4) is 0 Å². The standard InChI is InChI=1S/C13H16FN3/c1-3-15-13(12-8-9-16-17(12)2)10-6-4-5-7-11(10)14/h4-9,13,15H,3H2,1-2H3. The molecule has 2 rings (SSSR count). The van der Waals surface area contributed by atoms with Crippen LogP contribution in [0.2, 0.25) is 0 Å². The molecule has 0 aliphatic rings. The van der Waals surface area contributed by atoms with Gasteiger partial charge in [-0.1, -0.05) is 25.1 Å². The zero-order valence-electron chi connectivity index (χ0n) is 10.0.